The molecule has 0 atom stereocenters. The topological polar surface area (TPSA) is 127 Å². The summed E-state index contributed by atoms with van der Waals surface area (Å²) >= 11 is 0. The van der Waals surface area contributed by atoms with Crippen LogP contribution in [0.2, 0.25) is 0 Å². The third-order valence-electron chi connectivity index (χ3n) is 0. The molecule has 2 N–H and O–H groups in total. The summed E-state index contributed by atoms with van der Waals surface area (Å²) in [7, 11) is 0. The van der Waals surface area contributed by atoms with Gasteiger partial charge in [0.1, 0.15) is 0 Å². The van der Waals surface area contributed by atoms with Crippen LogP contribution in [0.25, 0.3) is 0 Å². The van der Waals surface area contributed by atoms with E-state index in [1.54, 1.807) is 0 Å². The van der Waals surface area contributed by atoms with Gasteiger partial charge in [0.25, 0.3) is 0 Å². The zero-order chi connectivity index (χ0) is 8.00. The standard InChI is InChI=1S/4CN.2K.Ni.H2O/c4*1-2;;;;/h;;;;;;;1H2/q4*-1;;;;. The molecule has 0 aliphatic carbocycles. The van der Waals surface area contributed by atoms with Crippen molar-refractivity contribution in [2.45, 2.75) is 0 Å². The first-order chi connectivity index (χ1) is 4.00. The predicted molar refractivity (Wildman–Crippen MR) is 35.0 cm³/mol. The van der Waals surface area contributed by atoms with Gasteiger partial charge in [-0.1, -0.05) is 0 Å². The van der Waals surface area contributed by atoms with Crippen molar-refractivity contribution in [1.29, 1.82) is 21.0 Å². The molecule has 0 spiro atoms. The molecule has 0 fully saturated rings. The molecule has 60 valence electrons. The van der Waals surface area contributed by atoms with Crippen molar-refractivity contribution >= 4 is 103 Å². The summed E-state index contributed by atoms with van der Waals surface area (Å²) in [5.74, 6) is 0. The summed E-state index contributed by atoms with van der Waals surface area (Å²) < 4.78 is 0. The minimum atomic E-state index is 0. The molecule has 8 heteroatoms. The Labute approximate surface area is 168 Å². The van der Waals surface area contributed by atoms with Gasteiger partial charge in [0.2, 0.25) is 0 Å². The summed E-state index contributed by atoms with van der Waals surface area (Å²) in [6, 6.07) is 0. The van der Waals surface area contributed by atoms with Crippen LogP contribution in [0.1, 0.15) is 0 Å². The zero-order valence-electron chi connectivity index (χ0n) is 6.61. The maximum atomic E-state index is 6.25. The Morgan fingerprint density at radius 3 is 0.500 bits per heavy atom. The van der Waals surface area contributed by atoms with E-state index in [9.17, 15) is 0 Å². The van der Waals surface area contributed by atoms with E-state index in [2.05, 4.69) is 0 Å². The molecule has 0 bridgehead atoms. The first-order valence-electron chi connectivity index (χ1n) is 0.894. The Bertz CT molecular complexity index is 68.0. The summed E-state index contributed by atoms with van der Waals surface area (Å²) in [4.78, 5) is 0. The van der Waals surface area contributed by atoms with Gasteiger partial charge in [-0.3, -0.25) is 0 Å². The van der Waals surface area contributed by atoms with E-state index in [1.165, 1.54) is 0 Å². The van der Waals surface area contributed by atoms with Gasteiger partial charge >= 0.3 is 0 Å². The molecule has 0 amide bonds. The fourth-order valence-electron chi connectivity index (χ4n) is 0. The maximum absolute atomic E-state index is 6.25. The summed E-state index contributed by atoms with van der Waals surface area (Å²) in [6.45, 7) is 19.0. The molecule has 12 heavy (non-hydrogen) atoms. The van der Waals surface area contributed by atoms with Crippen LogP contribution in [0.15, 0.2) is 0 Å². The second kappa shape index (κ2) is 609. The van der Waals surface area contributed by atoms with Gasteiger partial charge in [0.05, 0.1) is 0 Å². The molecule has 0 aromatic rings. The summed E-state index contributed by atoms with van der Waals surface area (Å²) in [5.41, 5.74) is 0. The van der Waals surface area contributed by atoms with Gasteiger partial charge in [0.15, 0.2) is 0 Å². The van der Waals surface area contributed by atoms with E-state index in [1.807, 2.05) is 0 Å². The third-order valence-corrected chi connectivity index (χ3v) is 0. The predicted octanol–water partition coefficient (Wildman–Crippen LogP) is -1.20. The number of nitrogens with zero attached hydrogens (tertiary/aromatic N) is 4. The second-order valence-corrected chi connectivity index (χ2v) is 0. The summed E-state index contributed by atoms with van der Waals surface area (Å²) in [6.07, 6.45) is 0. The molecule has 0 unspecified atom stereocenters. The second-order valence-electron chi connectivity index (χ2n) is 0. The van der Waals surface area contributed by atoms with Crippen LogP contribution in [-0.4, -0.2) is 108 Å². The Balaban J connectivity index is -0.00000000267. The normalized spacial score (nSPS) is 0.667. The summed E-state index contributed by atoms with van der Waals surface area (Å²) in [5, 5.41) is 25.0. The molecular formula is C4H2K2N4NiO-4. The molecule has 0 saturated heterocycles. The fourth-order valence-corrected chi connectivity index (χ4v) is 0. The Morgan fingerprint density at radius 2 is 0.500 bits per heavy atom. The van der Waals surface area contributed by atoms with E-state index in [4.69, 9.17) is 47.3 Å². The number of hydrogen-bond donors (Lipinski definition) is 0. The average Bonchev–Trinajstić information content (AvgIpc) is 2.03. The third kappa shape index (κ3) is 469. The Morgan fingerprint density at radius 1 is 0.500 bits per heavy atom. The number of rotatable bonds is 0. The van der Waals surface area contributed by atoms with Gasteiger partial charge in [0, 0.05) is 119 Å². The Kier molecular flexibility index (Phi) is 3460. The van der Waals surface area contributed by atoms with Crippen LogP contribution in [0.4, 0.5) is 0 Å². The van der Waals surface area contributed by atoms with Crippen LogP contribution >= 0.6 is 0 Å². The van der Waals surface area contributed by atoms with Gasteiger partial charge in [-0.05, 0) is 0 Å². The molecule has 0 heterocycles. The van der Waals surface area contributed by atoms with Gasteiger partial charge in [-0.25, -0.2) is 0 Å². The van der Waals surface area contributed by atoms with Crippen LogP contribution in [0.5, 0.6) is 0 Å². The minimum absolute atomic E-state index is 0. The van der Waals surface area contributed by atoms with Crippen LogP contribution in [-0.2, 0) is 16.5 Å². The largest absolute Gasteiger partial charge is 0.512 e. The molecule has 0 aromatic carbocycles. The molecule has 2 radical (unpaired) electrons. The molecular weight excluding hydrogens is 257 g/mol. The van der Waals surface area contributed by atoms with Gasteiger partial charge < -0.3 is 52.8 Å². The molecule has 0 rings (SSSR count). The SMILES string of the molecule is O.[C-]#N.[C-]#N.[C-]#N.[C-]#N.[K].[K].[Ni]. The molecule has 0 saturated carbocycles. The fraction of sp³-hybridized carbons (Fsp3) is 0. The van der Waals surface area contributed by atoms with Crippen LogP contribution < -0.4 is 0 Å². The minimum Gasteiger partial charge on any atom is -0.512 e. The van der Waals surface area contributed by atoms with Gasteiger partial charge in [-0.15, -0.1) is 0 Å². The van der Waals surface area contributed by atoms with Crippen LogP contribution in [0, 0.1) is 47.3 Å². The van der Waals surface area contributed by atoms with Crippen molar-refractivity contribution in [2.75, 3.05) is 0 Å². The first kappa shape index (κ1) is 68.1. The van der Waals surface area contributed by atoms with Gasteiger partial charge in [-0.2, -0.15) is 0 Å². The van der Waals surface area contributed by atoms with Crippen molar-refractivity contribution in [1.82, 2.24) is 0 Å². The molecule has 5 nitrogen and oxygen atoms in total. The Hall–Kier alpha value is 1.69. The van der Waals surface area contributed by atoms with Crippen molar-refractivity contribution in [3.63, 3.8) is 0 Å². The van der Waals surface area contributed by atoms with Crippen LogP contribution in [0.3, 0.4) is 0 Å². The van der Waals surface area contributed by atoms with Crippen molar-refractivity contribution in [3.05, 3.63) is 26.3 Å². The van der Waals surface area contributed by atoms with Crippen molar-refractivity contribution in [2.24, 2.45) is 0 Å². The average molecular weight is 259 g/mol. The quantitative estimate of drug-likeness (QED) is 0.399. The number of hydrogen-bond acceptors (Lipinski definition) is 4. The maximum Gasteiger partial charge on any atom is 0 e. The van der Waals surface area contributed by atoms with E-state index < -0.39 is 0 Å². The van der Waals surface area contributed by atoms with E-state index in [0.29, 0.717) is 0 Å². The van der Waals surface area contributed by atoms with Crippen molar-refractivity contribution in [3.8, 4) is 0 Å². The zero-order valence-corrected chi connectivity index (χ0v) is 13.8. The van der Waals surface area contributed by atoms with Crippen molar-refractivity contribution < 1.29 is 22.0 Å². The van der Waals surface area contributed by atoms with E-state index in [-0.39, 0.29) is 125 Å². The monoisotopic (exact) mass is 258 g/mol. The first-order valence-corrected chi connectivity index (χ1v) is 0.894. The smallest absolute Gasteiger partial charge is 0 e. The van der Waals surface area contributed by atoms with E-state index in [0.717, 1.165) is 0 Å². The molecule has 0 aliphatic rings. The van der Waals surface area contributed by atoms with E-state index >= 15 is 0 Å². The molecule has 0 aliphatic heterocycles. The molecule has 0 aromatic heterocycles.